The van der Waals surface area contributed by atoms with Crippen molar-refractivity contribution in [3.8, 4) is 16.9 Å². The number of aryl methyl sites for hydroxylation is 1. The van der Waals surface area contributed by atoms with Gasteiger partial charge in [-0.25, -0.2) is 0 Å². The van der Waals surface area contributed by atoms with Gasteiger partial charge in [0.05, 0.1) is 12.6 Å². The first kappa shape index (κ1) is 11.7. The van der Waals surface area contributed by atoms with E-state index in [1.165, 1.54) is 16.7 Å². The van der Waals surface area contributed by atoms with Crippen molar-refractivity contribution in [3.05, 3.63) is 60.3 Å². The molecule has 19 heavy (non-hydrogen) atoms. The minimum absolute atomic E-state index is 0.835. The summed E-state index contributed by atoms with van der Waals surface area (Å²) in [6.45, 7) is 2.11. The number of aromatic nitrogens is 1. The van der Waals surface area contributed by atoms with E-state index in [4.69, 9.17) is 4.74 Å². The standard InChI is InChI=1S/C17H15NO/c1-12-4-3-5-13(10-12)15-8-9-18-17-11-14(19-2)6-7-16(15)17/h3-11H,1-2H3. The van der Waals surface area contributed by atoms with Crippen LogP contribution in [-0.2, 0) is 0 Å². The van der Waals surface area contributed by atoms with Crippen molar-refractivity contribution in [2.24, 2.45) is 0 Å². The molecule has 0 aliphatic rings. The van der Waals surface area contributed by atoms with Crippen molar-refractivity contribution < 1.29 is 4.74 Å². The Bertz CT molecular complexity index is 734. The Labute approximate surface area is 112 Å². The molecule has 0 bridgehead atoms. The summed E-state index contributed by atoms with van der Waals surface area (Å²) in [5, 5.41) is 1.15. The number of fused-ring (bicyclic) bond motifs is 1. The molecule has 2 heteroatoms. The van der Waals surface area contributed by atoms with Crippen LogP contribution in [0.5, 0.6) is 5.75 Å². The zero-order valence-electron chi connectivity index (χ0n) is 11.1. The lowest BCUT2D eigenvalue weighted by Gasteiger charge is -2.08. The van der Waals surface area contributed by atoms with Crippen molar-refractivity contribution in [2.45, 2.75) is 6.92 Å². The fraction of sp³-hybridized carbons (Fsp3) is 0.118. The maximum Gasteiger partial charge on any atom is 0.121 e. The van der Waals surface area contributed by atoms with E-state index in [1.807, 2.05) is 18.3 Å². The van der Waals surface area contributed by atoms with Gasteiger partial charge in [0.15, 0.2) is 0 Å². The Balaban J connectivity index is 2.24. The normalized spacial score (nSPS) is 10.6. The van der Waals surface area contributed by atoms with Crippen LogP contribution in [0.2, 0.25) is 0 Å². The maximum absolute atomic E-state index is 5.25. The molecule has 1 heterocycles. The van der Waals surface area contributed by atoms with Crippen molar-refractivity contribution in [2.75, 3.05) is 7.11 Å². The topological polar surface area (TPSA) is 22.1 Å². The number of hydrogen-bond acceptors (Lipinski definition) is 2. The van der Waals surface area contributed by atoms with Gasteiger partial charge in [-0.2, -0.15) is 0 Å². The molecule has 0 amide bonds. The molecule has 0 fully saturated rings. The maximum atomic E-state index is 5.25. The third-order valence-electron chi connectivity index (χ3n) is 3.28. The predicted molar refractivity (Wildman–Crippen MR) is 78.5 cm³/mol. The molecule has 0 saturated heterocycles. The second-order valence-electron chi connectivity index (χ2n) is 4.61. The highest BCUT2D eigenvalue weighted by atomic mass is 16.5. The highest BCUT2D eigenvalue weighted by Gasteiger charge is 2.05. The summed E-state index contributed by atoms with van der Waals surface area (Å²) in [4.78, 5) is 4.42. The fourth-order valence-corrected chi connectivity index (χ4v) is 2.32. The minimum atomic E-state index is 0.835. The second kappa shape index (κ2) is 4.73. The lowest BCUT2D eigenvalue weighted by atomic mass is 10.00. The molecule has 3 aromatic rings. The number of methoxy groups -OCH3 is 1. The summed E-state index contributed by atoms with van der Waals surface area (Å²) in [6.07, 6.45) is 1.85. The molecule has 0 atom stereocenters. The summed E-state index contributed by atoms with van der Waals surface area (Å²) in [5.41, 5.74) is 4.64. The molecule has 0 radical (unpaired) electrons. The summed E-state index contributed by atoms with van der Waals surface area (Å²) >= 11 is 0. The van der Waals surface area contributed by atoms with E-state index >= 15 is 0 Å². The number of rotatable bonds is 2. The van der Waals surface area contributed by atoms with Gasteiger partial charge in [-0.05, 0) is 36.2 Å². The van der Waals surface area contributed by atoms with Crippen LogP contribution in [0.4, 0.5) is 0 Å². The van der Waals surface area contributed by atoms with E-state index in [0.29, 0.717) is 0 Å². The van der Waals surface area contributed by atoms with Gasteiger partial charge in [0, 0.05) is 17.6 Å². The largest absolute Gasteiger partial charge is 0.497 e. The fourth-order valence-electron chi connectivity index (χ4n) is 2.32. The van der Waals surface area contributed by atoms with Crippen LogP contribution in [-0.4, -0.2) is 12.1 Å². The van der Waals surface area contributed by atoms with E-state index in [9.17, 15) is 0 Å². The molecule has 3 rings (SSSR count). The molecular weight excluding hydrogens is 234 g/mol. The zero-order chi connectivity index (χ0) is 13.2. The molecule has 0 aliphatic heterocycles. The molecule has 0 saturated carbocycles. The third kappa shape index (κ3) is 2.17. The van der Waals surface area contributed by atoms with Gasteiger partial charge in [0.2, 0.25) is 0 Å². The molecule has 2 aromatic carbocycles. The summed E-state index contributed by atoms with van der Waals surface area (Å²) in [6, 6.07) is 16.6. The first-order valence-corrected chi connectivity index (χ1v) is 6.28. The van der Waals surface area contributed by atoms with Gasteiger partial charge >= 0.3 is 0 Å². The first-order valence-electron chi connectivity index (χ1n) is 6.28. The molecule has 0 aliphatic carbocycles. The quantitative estimate of drug-likeness (QED) is 0.678. The third-order valence-corrected chi connectivity index (χ3v) is 3.28. The number of nitrogens with zero attached hydrogens (tertiary/aromatic N) is 1. The van der Waals surface area contributed by atoms with Gasteiger partial charge in [-0.15, -0.1) is 0 Å². The molecule has 94 valence electrons. The summed E-state index contributed by atoms with van der Waals surface area (Å²) in [7, 11) is 1.67. The summed E-state index contributed by atoms with van der Waals surface area (Å²) < 4.78 is 5.25. The van der Waals surface area contributed by atoms with E-state index in [0.717, 1.165) is 16.7 Å². The first-order chi connectivity index (χ1) is 9.28. The second-order valence-corrected chi connectivity index (χ2v) is 4.61. The van der Waals surface area contributed by atoms with Crippen LogP contribution in [0.25, 0.3) is 22.0 Å². The Morgan fingerprint density at radius 3 is 2.68 bits per heavy atom. The lowest BCUT2D eigenvalue weighted by molar-refractivity contribution is 0.415. The van der Waals surface area contributed by atoms with Gasteiger partial charge in [0.1, 0.15) is 5.75 Å². The summed E-state index contributed by atoms with van der Waals surface area (Å²) in [5.74, 6) is 0.835. The Hall–Kier alpha value is -2.35. The van der Waals surface area contributed by atoms with Crippen LogP contribution in [0, 0.1) is 6.92 Å². The lowest BCUT2D eigenvalue weighted by Crippen LogP contribution is -1.87. The van der Waals surface area contributed by atoms with Gasteiger partial charge in [-0.3, -0.25) is 4.98 Å². The van der Waals surface area contributed by atoms with Gasteiger partial charge < -0.3 is 4.74 Å². The van der Waals surface area contributed by atoms with Crippen LogP contribution in [0.1, 0.15) is 5.56 Å². The Morgan fingerprint density at radius 2 is 1.89 bits per heavy atom. The minimum Gasteiger partial charge on any atom is -0.497 e. The van der Waals surface area contributed by atoms with E-state index in [2.05, 4.69) is 48.3 Å². The SMILES string of the molecule is COc1ccc2c(-c3cccc(C)c3)ccnc2c1. The molecule has 1 aromatic heterocycles. The van der Waals surface area contributed by atoms with E-state index in [-0.39, 0.29) is 0 Å². The highest BCUT2D eigenvalue weighted by Crippen LogP contribution is 2.29. The smallest absolute Gasteiger partial charge is 0.121 e. The van der Waals surface area contributed by atoms with Crippen LogP contribution < -0.4 is 4.74 Å². The van der Waals surface area contributed by atoms with Crippen LogP contribution in [0.3, 0.4) is 0 Å². The molecule has 0 unspecified atom stereocenters. The number of ether oxygens (including phenoxy) is 1. The molecular formula is C17H15NO. The average molecular weight is 249 g/mol. The Kier molecular flexibility index (Phi) is 2.92. The predicted octanol–water partition coefficient (Wildman–Crippen LogP) is 4.22. The van der Waals surface area contributed by atoms with Crippen molar-refractivity contribution in [3.63, 3.8) is 0 Å². The molecule has 2 nitrogen and oxygen atoms in total. The molecule has 0 spiro atoms. The van der Waals surface area contributed by atoms with E-state index in [1.54, 1.807) is 7.11 Å². The zero-order valence-corrected chi connectivity index (χ0v) is 11.1. The van der Waals surface area contributed by atoms with Crippen molar-refractivity contribution in [1.82, 2.24) is 4.98 Å². The monoisotopic (exact) mass is 249 g/mol. The number of benzene rings is 2. The highest BCUT2D eigenvalue weighted by molar-refractivity contribution is 5.94. The average Bonchev–Trinajstić information content (AvgIpc) is 2.46. The number of hydrogen-bond donors (Lipinski definition) is 0. The van der Waals surface area contributed by atoms with Gasteiger partial charge in [-0.1, -0.05) is 29.8 Å². The molecule has 0 N–H and O–H groups in total. The van der Waals surface area contributed by atoms with Gasteiger partial charge in [0.25, 0.3) is 0 Å². The number of pyridine rings is 1. The van der Waals surface area contributed by atoms with Crippen molar-refractivity contribution >= 4 is 10.9 Å². The van der Waals surface area contributed by atoms with E-state index < -0.39 is 0 Å². The Morgan fingerprint density at radius 1 is 1.00 bits per heavy atom. The van der Waals surface area contributed by atoms with Crippen molar-refractivity contribution in [1.29, 1.82) is 0 Å². The van der Waals surface area contributed by atoms with Crippen LogP contribution >= 0.6 is 0 Å². The van der Waals surface area contributed by atoms with Crippen LogP contribution in [0.15, 0.2) is 54.7 Å².